The van der Waals surface area contributed by atoms with Gasteiger partial charge in [0.05, 0.1) is 13.3 Å². The first kappa shape index (κ1) is 17.9. The second kappa shape index (κ2) is 7.57. The van der Waals surface area contributed by atoms with Crippen molar-refractivity contribution in [2.24, 2.45) is 7.05 Å². The molecule has 3 rings (SSSR count). The number of nitrogens with zero attached hydrogens (tertiary/aromatic N) is 4. The molecule has 0 aliphatic heterocycles. The van der Waals surface area contributed by atoms with Crippen molar-refractivity contribution in [1.82, 2.24) is 19.3 Å². The Balaban J connectivity index is 1.75. The van der Waals surface area contributed by atoms with E-state index in [2.05, 4.69) is 10.1 Å². The number of methoxy groups -OCH3 is 1. The van der Waals surface area contributed by atoms with E-state index in [9.17, 15) is 9.59 Å². The van der Waals surface area contributed by atoms with E-state index >= 15 is 0 Å². The lowest BCUT2D eigenvalue weighted by molar-refractivity contribution is 0.354. The average Bonchev–Trinajstić information content (AvgIpc) is 3.09. The van der Waals surface area contributed by atoms with Gasteiger partial charge in [0.2, 0.25) is 11.6 Å². The minimum atomic E-state index is -0.545. The van der Waals surface area contributed by atoms with Gasteiger partial charge in [-0.05, 0) is 24.1 Å². The molecule has 0 aliphatic rings. The summed E-state index contributed by atoms with van der Waals surface area (Å²) in [7, 11) is 2.90. The predicted octanol–water partition coefficient (Wildman–Crippen LogP) is 1.43. The van der Waals surface area contributed by atoms with E-state index in [0.717, 1.165) is 16.6 Å². The lowest BCUT2D eigenvalue weighted by Crippen LogP contribution is -2.39. The van der Waals surface area contributed by atoms with E-state index in [-0.39, 0.29) is 18.2 Å². The van der Waals surface area contributed by atoms with E-state index in [1.54, 1.807) is 0 Å². The SMILES string of the molecule is COc1cn(C)c(=O)n(Cc2nc(CCc3ccc(Cl)cc3)no2)c1=O. The van der Waals surface area contributed by atoms with Crippen LogP contribution >= 0.6 is 11.6 Å². The molecular formula is C17H17ClN4O4. The summed E-state index contributed by atoms with van der Waals surface area (Å²) < 4.78 is 12.4. The summed E-state index contributed by atoms with van der Waals surface area (Å²) in [6, 6.07) is 7.51. The number of hydrogen-bond acceptors (Lipinski definition) is 6. The topological polar surface area (TPSA) is 92.2 Å². The number of hydrogen-bond donors (Lipinski definition) is 0. The first-order valence-corrected chi connectivity index (χ1v) is 8.26. The molecule has 0 bridgehead atoms. The Morgan fingerprint density at radius 3 is 2.62 bits per heavy atom. The van der Waals surface area contributed by atoms with Crippen LogP contribution in [0.25, 0.3) is 0 Å². The number of halogens is 1. The molecule has 0 aliphatic carbocycles. The van der Waals surface area contributed by atoms with Gasteiger partial charge in [-0.3, -0.25) is 9.36 Å². The van der Waals surface area contributed by atoms with Gasteiger partial charge in [0.25, 0.3) is 5.56 Å². The van der Waals surface area contributed by atoms with E-state index in [1.807, 2.05) is 24.3 Å². The van der Waals surface area contributed by atoms with Crippen LogP contribution in [0.2, 0.25) is 5.02 Å². The van der Waals surface area contributed by atoms with Crippen molar-refractivity contribution in [3.63, 3.8) is 0 Å². The Morgan fingerprint density at radius 2 is 1.92 bits per heavy atom. The molecule has 9 heteroatoms. The highest BCUT2D eigenvalue weighted by Crippen LogP contribution is 2.11. The Kier molecular flexibility index (Phi) is 5.22. The number of rotatable bonds is 6. The van der Waals surface area contributed by atoms with Crippen LogP contribution in [-0.4, -0.2) is 26.4 Å². The molecule has 8 nitrogen and oxygen atoms in total. The molecule has 0 unspecified atom stereocenters. The van der Waals surface area contributed by atoms with Gasteiger partial charge in [-0.25, -0.2) is 9.36 Å². The molecule has 0 fully saturated rings. The molecule has 26 heavy (non-hydrogen) atoms. The van der Waals surface area contributed by atoms with Gasteiger partial charge in [-0.1, -0.05) is 28.9 Å². The number of aromatic nitrogens is 4. The lowest BCUT2D eigenvalue weighted by atomic mass is 10.1. The molecule has 0 atom stereocenters. The second-order valence-electron chi connectivity index (χ2n) is 5.71. The Bertz CT molecular complexity index is 1020. The molecule has 136 valence electrons. The molecule has 2 aromatic heterocycles. The fourth-order valence-electron chi connectivity index (χ4n) is 2.47. The van der Waals surface area contributed by atoms with Gasteiger partial charge in [0, 0.05) is 18.5 Å². The van der Waals surface area contributed by atoms with Crippen molar-refractivity contribution in [3.8, 4) is 5.75 Å². The van der Waals surface area contributed by atoms with Crippen LogP contribution in [-0.2, 0) is 26.4 Å². The summed E-state index contributed by atoms with van der Waals surface area (Å²) in [5.74, 6) is 0.751. The van der Waals surface area contributed by atoms with Crippen molar-refractivity contribution in [3.05, 3.63) is 73.6 Å². The first-order valence-electron chi connectivity index (χ1n) is 7.88. The summed E-state index contributed by atoms with van der Waals surface area (Å²) in [4.78, 5) is 28.7. The highest BCUT2D eigenvalue weighted by molar-refractivity contribution is 6.30. The van der Waals surface area contributed by atoms with Crippen molar-refractivity contribution in [2.75, 3.05) is 7.11 Å². The molecule has 0 saturated heterocycles. The minimum absolute atomic E-state index is 0.0644. The molecule has 0 radical (unpaired) electrons. The van der Waals surface area contributed by atoms with Crippen LogP contribution in [0.4, 0.5) is 0 Å². The zero-order valence-electron chi connectivity index (χ0n) is 14.3. The number of aryl methyl sites for hydroxylation is 3. The van der Waals surface area contributed by atoms with Gasteiger partial charge < -0.3 is 9.26 Å². The van der Waals surface area contributed by atoms with Crippen LogP contribution in [0.5, 0.6) is 5.75 Å². The van der Waals surface area contributed by atoms with Crippen LogP contribution < -0.4 is 16.0 Å². The van der Waals surface area contributed by atoms with Crippen LogP contribution in [0.1, 0.15) is 17.3 Å². The molecule has 0 spiro atoms. The third-order valence-electron chi connectivity index (χ3n) is 3.87. The molecule has 0 N–H and O–H groups in total. The quantitative estimate of drug-likeness (QED) is 0.646. The Labute approximate surface area is 153 Å². The molecule has 1 aromatic carbocycles. The Hall–Kier alpha value is -2.87. The highest BCUT2D eigenvalue weighted by atomic mass is 35.5. The molecule has 3 aromatic rings. The monoisotopic (exact) mass is 376 g/mol. The minimum Gasteiger partial charge on any atom is -0.490 e. The standard InChI is InChI=1S/C17H17ClN4O4/c1-21-9-13(25-2)16(23)22(17(21)24)10-15-19-14(20-26-15)8-5-11-3-6-12(18)7-4-11/h3-4,6-7,9H,5,8,10H2,1-2H3. The second-order valence-corrected chi connectivity index (χ2v) is 6.15. The van der Waals surface area contributed by atoms with Gasteiger partial charge >= 0.3 is 5.69 Å². The lowest BCUT2D eigenvalue weighted by Gasteiger charge is -2.07. The maximum absolute atomic E-state index is 12.2. The van der Waals surface area contributed by atoms with Gasteiger partial charge in [-0.15, -0.1) is 0 Å². The molecule has 0 saturated carbocycles. The van der Waals surface area contributed by atoms with Crippen molar-refractivity contribution >= 4 is 11.6 Å². The normalized spacial score (nSPS) is 10.9. The summed E-state index contributed by atoms with van der Waals surface area (Å²) in [6.45, 7) is -0.114. The zero-order valence-corrected chi connectivity index (χ0v) is 15.1. The fourth-order valence-corrected chi connectivity index (χ4v) is 2.60. The third-order valence-corrected chi connectivity index (χ3v) is 4.13. The number of benzene rings is 1. The molecule has 2 heterocycles. The third kappa shape index (κ3) is 3.85. The van der Waals surface area contributed by atoms with Crippen molar-refractivity contribution < 1.29 is 9.26 Å². The fraction of sp³-hybridized carbons (Fsp3) is 0.294. The van der Waals surface area contributed by atoms with E-state index in [1.165, 1.54) is 24.9 Å². The maximum Gasteiger partial charge on any atom is 0.331 e. The highest BCUT2D eigenvalue weighted by Gasteiger charge is 2.14. The van der Waals surface area contributed by atoms with Gasteiger partial charge in [0.1, 0.15) is 6.54 Å². The van der Waals surface area contributed by atoms with Crippen molar-refractivity contribution in [1.29, 1.82) is 0 Å². The Morgan fingerprint density at radius 1 is 1.19 bits per heavy atom. The van der Waals surface area contributed by atoms with E-state index in [4.69, 9.17) is 20.9 Å². The molecular weight excluding hydrogens is 360 g/mol. The van der Waals surface area contributed by atoms with Crippen LogP contribution in [0.3, 0.4) is 0 Å². The summed E-state index contributed by atoms with van der Waals surface area (Å²) in [6.07, 6.45) is 2.62. The van der Waals surface area contributed by atoms with E-state index in [0.29, 0.717) is 17.3 Å². The van der Waals surface area contributed by atoms with Crippen molar-refractivity contribution in [2.45, 2.75) is 19.4 Å². The largest absolute Gasteiger partial charge is 0.490 e. The first-order chi connectivity index (χ1) is 12.5. The van der Waals surface area contributed by atoms with Crippen LogP contribution in [0.15, 0.2) is 44.6 Å². The van der Waals surface area contributed by atoms with Gasteiger partial charge in [0.15, 0.2) is 5.82 Å². The zero-order chi connectivity index (χ0) is 18.7. The van der Waals surface area contributed by atoms with Gasteiger partial charge in [-0.2, -0.15) is 4.98 Å². The van der Waals surface area contributed by atoms with E-state index < -0.39 is 11.2 Å². The molecule has 0 amide bonds. The maximum atomic E-state index is 12.2. The summed E-state index contributed by atoms with van der Waals surface area (Å²) >= 11 is 5.86. The van der Waals surface area contributed by atoms with Crippen LogP contribution in [0, 0.1) is 0 Å². The summed E-state index contributed by atoms with van der Waals surface area (Å²) in [5, 5.41) is 4.58. The smallest absolute Gasteiger partial charge is 0.331 e. The number of ether oxygens (including phenoxy) is 1. The predicted molar refractivity (Wildman–Crippen MR) is 94.8 cm³/mol. The average molecular weight is 377 g/mol. The summed E-state index contributed by atoms with van der Waals surface area (Å²) in [5.41, 5.74) is 0.0619.